The minimum atomic E-state index is -0.429. The molecule has 1 heterocycles. The first-order valence-corrected chi connectivity index (χ1v) is 8.84. The molecule has 1 aliphatic heterocycles. The van der Waals surface area contributed by atoms with Crippen LogP contribution >= 0.6 is 0 Å². The van der Waals surface area contributed by atoms with Gasteiger partial charge >= 0.3 is 0 Å². The van der Waals surface area contributed by atoms with Crippen LogP contribution in [0.5, 0.6) is 17.2 Å². The summed E-state index contributed by atoms with van der Waals surface area (Å²) >= 11 is 0. The number of phenols is 2. The summed E-state index contributed by atoms with van der Waals surface area (Å²) in [6.45, 7) is 4.97. The van der Waals surface area contributed by atoms with Crippen molar-refractivity contribution in [1.29, 1.82) is 0 Å². The van der Waals surface area contributed by atoms with Gasteiger partial charge in [-0.2, -0.15) is 0 Å². The first-order chi connectivity index (χ1) is 13.4. The van der Waals surface area contributed by atoms with Crippen molar-refractivity contribution in [2.24, 2.45) is 5.73 Å². The van der Waals surface area contributed by atoms with Crippen LogP contribution in [0.25, 0.3) is 0 Å². The molecular formula is C20H27N3O5. The number of hydrogen-bond acceptors (Lipinski definition) is 6. The summed E-state index contributed by atoms with van der Waals surface area (Å²) < 4.78 is 5.62. The van der Waals surface area contributed by atoms with Gasteiger partial charge in [-0.15, -0.1) is 0 Å². The molecule has 0 saturated heterocycles. The Morgan fingerprint density at radius 2 is 1.96 bits per heavy atom. The Kier molecular flexibility index (Phi) is 9.74. The highest BCUT2D eigenvalue weighted by Crippen LogP contribution is 2.28. The van der Waals surface area contributed by atoms with Crippen LogP contribution in [0.1, 0.15) is 18.9 Å². The van der Waals surface area contributed by atoms with E-state index < -0.39 is 6.10 Å². The number of para-hydroxylation sites is 3. The van der Waals surface area contributed by atoms with Gasteiger partial charge in [-0.05, 0) is 37.1 Å². The lowest BCUT2D eigenvalue weighted by atomic mass is 10.2. The lowest BCUT2D eigenvalue weighted by molar-refractivity contribution is -0.127. The summed E-state index contributed by atoms with van der Waals surface area (Å²) in [5.74, 6) is 0.599. The molecule has 6 N–H and O–H groups in total. The smallest absolute Gasteiger partial charge is 0.262 e. The quantitative estimate of drug-likeness (QED) is 0.402. The van der Waals surface area contributed by atoms with Gasteiger partial charge in [0, 0.05) is 6.54 Å². The first kappa shape index (κ1) is 22.6. The summed E-state index contributed by atoms with van der Waals surface area (Å²) in [5, 5.41) is 23.8. The monoisotopic (exact) mass is 389 g/mol. The van der Waals surface area contributed by atoms with Gasteiger partial charge in [-0.1, -0.05) is 31.2 Å². The third-order valence-electron chi connectivity index (χ3n) is 3.69. The Labute approximate surface area is 164 Å². The number of aryl methyl sites for hydroxylation is 1. The number of fused-ring (bicyclic) bond motifs is 1. The van der Waals surface area contributed by atoms with E-state index in [1.165, 1.54) is 6.07 Å². The summed E-state index contributed by atoms with van der Waals surface area (Å²) in [6, 6.07) is 12.5. The van der Waals surface area contributed by atoms with Gasteiger partial charge in [-0.3, -0.25) is 9.59 Å². The van der Waals surface area contributed by atoms with Gasteiger partial charge < -0.3 is 31.3 Å². The number of benzene rings is 2. The van der Waals surface area contributed by atoms with Crippen LogP contribution in [-0.2, 0) is 9.59 Å². The molecule has 8 heteroatoms. The molecule has 0 aromatic heterocycles. The van der Waals surface area contributed by atoms with Crippen LogP contribution in [0.3, 0.4) is 0 Å². The van der Waals surface area contributed by atoms with E-state index in [2.05, 4.69) is 16.4 Å². The Morgan fingerprint density at radius 1 is 1.29 bits per heavy atom. The number of rotatable bonds is 3. The number of anilines is 1. The Balaban J connectivity index is 0.000000276. The van der Waals surface area contributed by atoms with Crippen molar-refractivity contribution < 1.29 is 24.5 Å². The highest BCUT2D eigenvalue weighted by atomic mass is 16.5. The van der Waals surface area contributed by atoms with E-state index in [-0.39, 0.29) is 23.8 Å². The van der Waals surface area contributed by atoms with Crippen molar-refractivity contribution in [3.63, 3.8) is 0 Å². The number of amides is 2. The molecule has 0 saturated carbocycles. The lowest BCUT2D eigenvalue weighted by Crippen LogP contribution is -2.44. The predicted molar refractivity (Wildman–Crippen MR) is 107 cm³/mol. The first-order valence-electron chi connectivity index (χ1n) is 8.84. The van der Waals surface area contributed by atoms with Crippen molar-refractivity contribution in [2.75, 3.05) is 18.4 Å². The molecule has 0 radical (unpaired) electrons. The highest BCUT2D eigenvalue weighted by Gasteiger charge is 2.24. The van der Waals surface area contributed by atoms with Crippen molar-refractivity contribution in [2.45, 2.75) is 26.4 Å². The fraction of sp³-hybridized carbons (Fsp3) is 0.300. The molecule has 1 atom stereocenters. The van der Waals surface area contributed by atoms with Crippen molar-refractivity contribution in [3.8, 4) is 17.2 Å². The second kappa shape index (κ2) is 12.1. The predicted octanol–water partition coefficient (Wildman–Crippen LogP) is 1.89. The van der Waals surface area contributed by atoms with Gasteiger partial charge in [-0.25, -0.2) is 0 Å². The second-order valence-corrected chi connectivity index (χ2v) is 5.85. The molecule has 28 heavy (non-hydrogen) atoms. The largest absolute Gasteiger partial charge is 0.504 e. The maximum absolute atomic E-state index is 11.7. The zero-order valence-electron chi connectivity index (χ0n) is 16.0. The van der Waals surface area contributed by atoms with E-state index in [9.17, 15) is 4.79 Å². The molecule has 152 valence electrons. The van der Waals surface area contributed by atoms with Crippen molar-refractivity contribution in [3.05, 3.63) is 48.0 Å². The van der Waals surface area contributed by atoms with Crippen LogP contribution < -0.4 is 21.1 Å². The number of primary amides is 1. The molecule has 3 rings (SSSR count). The molecule has 2 aromatic rings. The molecule has 1 unspecified atom stereocenters. The fourth-order valence-electron chi connectivity index (χ4n) is 2.26. The summed E-state index contributed by atoms with van der Waals surface area (Å²) in [4.78, 5) is 20.3. The molecule has 0 aliphatic carbocycles. The average molecular weight is 389 g/mol. The van der Waals surface area contributed by atoms with Crippen LogP contribution in [-0.4, -0.2) is 41.7 Å². The average Bonchev–Trinajstić information content (AvgIpc) is 2.71. The summed E-state index contributed by atoms with van der Waals surface area (Å²) in [6.07, 6.45) is 0.754. The van der Waals surface area contributed by atoms with Crippen LogP contribution in [0.15, 0.2) is 42.5 Å². The zero-order chi connectivity index (χ0) is 20.9. The number of carbonyl (C=O) groups excluding carboxylic acids is 2. The molecule has 0 spiro atoms. The Hall–Kier alpha value is -3.42. The maximum Gasteiger partial charge on any atom is 0.262 e. The normalized spacial score (nSPS) is 13.7. The number of carbonyl (C=O) groups is 2. The number of ether oxygens (including phenoxy) is 1. The number of nitrogens with one attached hydrogen (secondary N) is 2. The molecule has 0 fully saturated rings. The van der Waals surface area contributed by atoms with E-state index in [0.717, 1.165) is 17.9 Å². The third kappa shape index (κ3) is 7.06. The van der Waals surface area contributed by atoms with Gasteiger partial charge in [0.1, 0.15) is 5.75 Å². The van der Waals surface area contributed by atoms with E-state index in [1.807, 2.05) is 31.2 Å². The van der Waals surface area contributed by atoms with Gasteiger partial charge in [0.05, 0.1) is 12.2 Å². The van der Waals surface area contributed by atoms with Crippen LogP contribution in [0.2, 0.25) is 0 Å². The lowest BCUT2D eigenvalue weighted by Gasteiger charge is -2.26. The van der Waals surface area contributed by atoms with E-state index >= 15 is 0 Å². The molecule has 2 amide bonds. The zero-order valence-corrected chi connectivity index (χ0v) is 16.0. The molecular weight excluding hydrogens is 362 g/mol. The number of hydrogen-bond donors (Lipinski definition) is 5. The number of nitrogens with two attached hydrogens (primary N) is 1. The van der Waals surface area contributed by atoms with Gasteiger partial charge in [0.15, 0.2) is 17.6 Å². The van der Waals surface area contributed by atoms with Crippen LogP contribution in [0, 0.1) is 6.92 Å². The molecule has 0 bridgehead atoms. The topological polar surface area (TPSA) is 134 Å². The van der Waals surface area contributed by atoms with E-state index in [1.54, 1.807) is 19.1 Å². The Bertz CT molecular complexity index is 747. The summed E-state index contributed by atoms with van der Waals surface area (Å²) in [5.41, 5.74) is 5.80. The standard InChI is InChI=1S/C12H16N2O2.C7H8O2.CH3NO/c1-2-7-13-12(15)11-8-14-9-5-3-4-6-10(9)16-11;1-5-3-2-4-6(8)7(5)9;2-1-3/h3-6,11,14H,2,7-8H2,1H3,(H,13,15);2-4,8-9H,1H3;1H,(H2,2,3). The fourth-order valence-corrected chi connectivity index (χ4v) is 2.26. The second-order valence-electron chi connectivity index (χ2n) is 5.85. The maximum atomic E-state index is 11.7. The van der Waals surface area contributed by atoms with Gasteiger partial charge in [0.25, 0.3) is 5.91 Å². The number of phenolic OH excluding ortho intramolecular Hbond substituents is 2. The number of aromatic hydroxyl groups is 2. The molecule has 2 aromatic carbocycles. The minimum absolute atomic E-state index is 0.0301. The highest BCUT2D eigenvalue weighted by molar-refractivity contribution is 5.83. The van der Waals surface area contributed by atoms with Crippen molar-refractivity contribution >= 4 is 18.0 Å². The SMILES string of the molecule is CCCNC(=O)C1CNc2ccccc2O1.Cc1cccc(O)c1O.NC=O. The Morgan fingerprint density at radius 3 is 2.57 bits per heavy atom. The molecule has 8 nitrogen and oxygen atoms in total. The van der Waals surface area contributed by atoms with Gasteiger partial charge in [0.2, 0.25) is 6.41 Å². The van der Waals surface area contributed by atoms with E-state index in [4.69, 9.17) is 19.7 Å². The minimum Gasteiger partial charge on any atom is -0.504 e. The van der Waals surface area contributed by atoms with E-state index in [0.29, 0.717) is 18.7 Å². The van der Waals surface area contributed by atoms with Crippen molar-refractivity contribution in [1.82, 2.24) is 5.32 Å². The summed E-state index contributed by atoms with van der Waals surface area (Å²) in [7, 11) is 0. The third-order valence-corrected chi connectivity index (χ3v) is 3.69. The van der Waals surface area contributed by atoms with Crippen LogP contribution in [0.4, 0.5) is 5.69 Å². The molecule has 1 aliphatic rings.